The van der Waals surface area contributed by atoms with E-state index in [0.29, 0.717) is 0 Å². The van der Waals surface area contributed by atoms with Crippen molar-refractivity contribution in [2.45, 2.75) is 70.6 Å². The van der Waals surface area contributed by atoms with Crippen molar-refractivity contribution in [2.75, 3.05) is 0 Å². The van der Waals surface area contributed by atoms with Crippen LogP contribution >= 0.6 is 0 Å². The van der Waals surface area contributed by atoms with E-state index in [2.05, 4.69) is 184 Å². The number of rotatable bonds is 2. The Morgan fingerprint density at radius 3 is 1.89 bits per heavy atom. The number of hydrogen-bond donors (Lipinski definition) is 0. The van der Waals surface area contributed by atoms with Crippen molar-refractivity contribution < 1.29 is 0 Å². The molecule has 0 radical (unpaired) electrons. The molecular formula is C51H44N2. The van der Waals surface area contributed by atoms with Crippen molar-refractivity contribution in [3.05, 3.63) is 156 Å². The van der Waals surface area contributed by atoms with E-state index in [1.165, 1.54) is 112 Å². The van der Waals surface area contributed by atoms with Gasteiger partial charge in [0.15, 0.2) is 0 Å². The Labute approximate surface area is 311 Å². The Kier molecular flexibility index (Phi) is 6.01. The zero-order chi connectivity index (χ0) is 36.0. The maximum atomic E-state index is 2.58. The highest BCUT2D eigenvalue weighted by molar-refractivity contribution is 6.25. The molecule has 9 aromatic rings. The molecule has 0 spiro atoms. The second-order valence-electron chi connectivity index (χ2n) is 17.6. The van der Waals surface area contributed by atoms with Crippen LogP contribution in [0.5, 0.6) is 0 Å². The van der Waals surface area contributed by atoms with Crippen molar-refractivity contribution in [3.8, 4) is 22.5 Å². The molecule has 2 heterocycles. The van der Waals surface area contributed by atoms with Crippen LogP contribution in [0.25, 0.3) is 76.9 Å². The molecule has 2 aliphatic rings. The lowest BCUT2D eigenvalue weighted by atomic mass is 9.63. The first kappa shape index (κ1) is 31.0. The second-order valence-corrected chi connectivity index (χ2v) is 17.6. The smallest absolute Gasteiger partial charge is 0.0562 e. The topological polar surface area (TPSA) is 9.86 Å². The van der Waals surface area contributed by atoms with Crippen LogP contribution in [-0.2, 0) is 16.2 Å². The van der Waals surface area contributed by atoms with E-state index in [9.17, 15) is 0 Å². The predicted molar refractivity (Wildman–Crippen MR) is 225 cm³/mol. The van der Waals surface area contributed by atoms with Gasteiger partial charge in [-0.15, -0.1) is 0 Å². The summed E-state index contributed by atoms with van der Waals surface area (Å²) in [7, 11) is 0. The first-order valence-corrected chi connectivity index (χ1v) is 19.3. The summed E-state index contributed by atoms with van der Waals surface area (Å²) >= 11 is 0. The second kappa shape index (κ2) is 10.3. The summed E-state index contributed by atoms with van der Waals surface area (Å²) in [5, 5.41) is 7.85. The molecule has 0 amide bonds. The van der Waals surface area contributed by atoms with Gasteiger partial charge in [0.1, 0.15) is 0 Å². The fourth-order valence-electron chi connectivity index (χ4n) is 10.4. The quantitative estimate of drug-likeness (QED) is 0.172. The molecule has 0 bridgehead atoms. The summed E-state index contributed by atoms with van der Waals surface area (Å²) in [5.41, 5.74) is 16.1. The lowest BCUT2D eigenvalue weighted by Gasteiger charge is -2.42. The number of benzene rings is 7. The molecule has 0 aliphatic heterocycles. The monoisotopic (exact) mass is 684 g/mol. The zero-order valence-electron chi connectivity index (χ0n) is 31.5. The number of fused-ring (bicyclic) bond motifs is 12. The van der Waals surface area contributed by atoms with E-state index in [4.69, 9.17) is 0 Å². The highest BCUT2D eigenvalue weighted by Crippen LogP contribution is 2.53. The van der Waals surface area contributed by atoms with Gasteiger partial charge in [-0.1, -0.05) is 126 Å². The van der Waals surface area contributed by atoms with Gasteiger partial charge in [0.2, 0.25) is 0 Å². The molecule has 11 rings (SSSR count). The van der Waals surface area contributed by atoms with Gasteiger partial charge < -0.3 is 9.13 Å². The first-order valence-electron chi connectivity index (χ1n) is 19.3. The van der Waals surface area contributed by atoms with Crippen LogP contribution in [0.4, 0.5) is 0 Å². The minimum absolute atomic E-state index is 0.0823. The standard InChI is InChI=1S/C51H44N2/c1-49(2)25-26-50(3,4)41-29-44-36(28-40(41)49)35-27-37-46(30-45(35)52(44)32-16-8-7-9-17-32)53(43-24-23-31-15-10-11-18-33(31)47(37)43)42-22-14-21-39-48(42)34-19-12-13-20-38(34)51(39,5)6/h7-24,27-30H,25-26H2,1-6H3. The molecule has 2 nitrogen and oxygen atoms in total. The average Bonchev–Trinajstić information content (AvgIpc) is 3.75. The molecule has 0 fully saturated rings. The Morgan fingerprint density at radius 1 is 0.434 bits per heavy atom. The SMILES string of the molecule is CC1(C)CCC(C)(C)c2cc3c(cc21)c1cc2c4c5ccccc5ccc4n(-c4cccc5c4-c4ccccc4C5(C)C)c2cc1n3-c1ccccc1. The van der Waals surface area contributed by atoms with Gasteiger partial charge in [0, 0.05) is 38.2 Å². The predicted octanol–water partition coefficient (Wildman–Crippen LogP) is 13.7. The van der Waals surface area contributed by atoms with Gasteiger partial charge >= 0.3 is 0 Å². The molecule has 0 saturated carbocycles. The Bertz CT molecular complexity index is 3020. The van der Waals surface area contributed by atoms with Crippen LogP contribution in [0, 0.1) is 0 Å². The Hall–Kier alpha value is -5.60. The van der Waals surface area contributed by atoms with Gasteiger partial charge in [-0.25, -0.2) is 0 Å². The van der Waals surface area contributed by atoms with Crippen molar-refractivity contribution in [3.63, 3.8) is 0 Å². The molecule has 2 aliphatic carbocycles. The van der Waals surface area contributed by atoms with Crippen LogP contribution in [0.1, 0.15) is 76.6 Å². The third-order valence-electron chi connectivity index (χ3n) is 13.4. The largest absolute Gasteiger partial charge is 0.309 e. The summed E-state index contributed by atoms with van der Waals surface area (Å²) in [6.45, 7) is 14.5. The molecule has 258 valence electrons. The lowest BCUT2D eigenvalue weighted by molar-refractivity contribution is 0.332. The van der Waals surface area contributed by atoms with Crippen LogP contribution in [0.3, 0.4) is 0 Å². The number of nitrogens with zero attached hydrogens (tertiary/aromatic N) is 2. The molecule has 0 atom stereocenters. The summed E-state index contributed by atoms with van der Waals surface area (Å²) in [6, 6.07) is 50.8. The third-order valence-corrected chi connectivity index (χ3v) is 13.4. The van der Waals surface area contributed by atoms with E-state index in [1.54, 1.807) is 0 Å². The number of para-hydroxylation sites is 1. The van der Waals surface area contributed by atoms with E-state index < -0.39 is 0 Å². The molecule has 0 unspecified atom stereocenters. The highest BCUT2D eigenvalue weighted by Gasteiger charge is 2.39. The summed E-state index contributed by atoms with van der Waals surface area (Å²) in [5.74, 6) is 0. The van der Waals surface area contributed by atoms with Gasteiger partial charge in [-0.3, -0.25) is 0 Å². The first-order chi connectivity index (χ1) is 25.5. The van der Waals surface area contributed by atoms with Crippen LogP contribution in [0.2, 0.25) is 0 Å². The van der Waals surface area contributed by atoms with Crippen molar-refractivity contribution >= 4 is 54.4 Å². The maximum Gasteiger partial charge on any atom is 0.0562 e. The lowest BCUT2D eigenvalue weighted by Crippen LogP contribution is -2.33. The summed E-state index contributed by atoms with van der Waals surface area (Å²) in [6.07, 6.45) is 2.39. The van der Waals surface area contributed by atoms with E-state index in [0.717, 1.165) is 0 Å². The molecule has 53 heavy (non-hydrogen) atoms. The number of aromatic nitrogens is 2. The van der Waals surface area contributed by atoms with Crippen molar-refractivity contribution in [1.29, 1.82) is 0 Å². The average molecular weight is 685 g/mol. The minimum Gasteiger partial charge on any atom is -0.309 e. The molecule has 2 aromatic heterocycles. The Balaban J connectivity index is 1.35. The van der Waals surface area contributed by atoms with Crippen molar-refractivity contribution in [1.82, 2.24) is 9.13 Å². The molecular weight excluding hydrogens is 641 g/mol. The molecule has 7 aromatic carbocycles. The fourth-order valence-corrected chi connectivity index (χ4v) is 10.4. The van der Waals surface area contributed by atoms with Gasteiger partial charge in [0.05, 0.1) is 27.8 Å². The molecule has 0 N–H and O–H groups in total. The van der Waals surface area contributed by atoms with Crippen molar-refractivity contribution in [2.24, 2.45) is 0 Å². The van der Waals surface area contributed by atoms with Crippen LogP contribution in [0.15, 0.2) is 133 Å². The third kappa shape index (κ3) is 4.04. The Morgan fingerprint density at radius 2 is 1.08 bits per heavy atom. The molecule has 2 heteroatoms. The fraction of sp³-hybridized carbons (Fsp3) is 0.216. The maximum absolute atomic E-state index is 2.58. The zero-order valence-corrected chi connectivity index (χ0v) is 31.5. The van der Waals surface area contributed by atoms with E-state index in [-0.39, 0.29) is 16.2 Å². The molecule has 0 saturated heterocycles. The van der Waals surface area contributed by atoms with Gasteiger partial charge in [0.25, 0.3) is 0 Å². The van der Waals surface area contributed by atoms with E-state index in [1.807, 2.05) is 0 Å². The summed E-state index contributed by atoms with van der Waals surface area (Å²) < 4.78 is 5.12. The van der Waals surface area contributed by atoms with Crippen LogP contribution < -0.4 is 0 Å². The highest BCUT2D eigenvalue weighted by atomic mass is 15.0. The normalized spacial score (nSPS) is 16.8. The van der Waals surface area contributed by atoms with Gasteiger partial charge in [-0.05, 0) is 111 Å². The van der Waals surface area contributed by atoms with Gasteiger partial charge in [-0.2, -0.15) is 0 Å². The van der Waals surface area contributed by atoms with Crippen LogP contribution in [-0.4, -0.2) is 9.13 Å². The van der Waals surface area contributed by atoms with E-state index >= 15 is 0 Å². The summed E-state index contributed by atoms with van der Waals surface area (Å²) in [4.78, 5) is 0. The minimum atomic E-state index is -0.0823. The number of hydrogen-bond acceptors (Lipinski definition) is 0.